The number of nitrogens with zero attached hydrogens (tertiary/aromatic N) is 2. The molecule has 1 unspecified atom stereocenters. The Labute approximate surface area is 164 Å². The number of piperidine rings is 1. The summed E-state index contributed by atoms with van der Waals surface area (Å²) in [6, 6.07) is 7.19. The summed E-state index contributed by atoms with van der Waals surface area (Å²) in [5, 5.41) is 8.15. The van der Waals surface area contributed by atoms with Gasteiger partial charge in [0.2, 0.25) is 0 Å². The number of hydrogen-bond donors (Lipinski definition) is 1. The molecule has 0 amide bonds. The van der Waals surface area contributed by atoms with E-state index in [1.165, 1.54) is 12.2 Å². The monoisotopic (exact) mass is 411 g/mol. The van der Waals surface area contributed by atoms with Gasteiger partial charge in [-0.2, -0.15) is 9.19 Å². The molecule has 8 heteroatoms. The molecule has 1 N–H and O–H groups in total. The number of benzene rings is 1. The van der Waals surface area contributed by atoms with Gasteiger partial charge in [0, 0.05) is 5.39 Å². The van der Waals surface area contributed by atoms with Gasteiger partial charge in [0.05, 0.1) is 11.7 Å². The minimum atomic E-state index is -3.84. The molecule has 1 aliphatic heterocycles. The molecule has 146 valence electrons. The first-order valence-electron chi connectivity index (χ1n) is 8.89. The molecule has 1 saturated heterocycles. The number of nitrogens with one attached hydrogen (secondary N) is 1. The molecule has 1 aromatic carbocycles. The summed E-state index contributed by atoms with van der Waals surface area (Å²) >= 11 is 0. The van der Waals surface area contributed by atoms with E-state index in [2.05, 4.69) is 10.4 Å². The summed E-state index contributed by atoms with van der Waals surface area (Å²) in [5.41, 5.74) is 1.16. The Morgan fingerprint density at radius 2 is 1.96 bits per heavy atom. The van der Waals surface area contributed by atoms with Crippen molar-refractivity contribution in [3.05, 3.63) is 54.0 Å². The van der Waals surface area contributed by atoms with Crippen LogP contribution in [0.3, 0.4) is 0 Å². The Morgan fingerprint density at radius 3 is 2.70 bits per heavy atom. The highest BCUT2D eigenvalue weighted by Crippen LogP contribution is 2.40. The van der Waals surface area contributed by atoms with E-state index >= 15 is 0 Å². The lowest BCUT2D eigenvalue weighted by Crippen LogP contribution is -2.41. The molecule has 0 saturated carbocycles. The highest BCUT2D eigenvalue weighted by Gasteiger charge is 2.43. The van der Waals surface area contributed by atoms with Gasteiger partial charge in [-0.05, 0) is 62.9 Å². The van der Waals surface area contributed by atoms with Gasteiger partial charge >= 0.3 is 0 Å². The van der Waals surface area contributed by atoms with Gasteiger partial charge in [-0.25, -0.2) is 12.8 Å². The Hall–Kier alpha value is -1.70. The summed E-state index contributed by atoms with van der Waals surface area (Å²) in [5.74, 6) is -0.194. The predicted octanol–water partition coefficient (Wildman–Crippen LogP) is 3.58. The van der Waals surface area contributed by atoms with E-state index in [0.717, 1.165) is 35.4 Å². The number of fused-ring (bicyclic) bond motifs is 1. The lowest BCUT2D eigenvalue weighted by molar-refractivity contribution is 0.391. The zero-order valence-corrected chi connectivity index (χ0v) is 16.7. The number of hydrogen-bond acceptors (Lipinski definition) is 4. The molecule has 1 aliphatic carbocycles. The first-order chi connectivity index (χ1) is 12.4. The van der Waals surface area contributed by atoms with E-state index in [1.54, 1.807) is 25.3 Å². The molecular formula is C19H23ClFN3O2S. The van der Waals surface area contributed by atoms with Crippen molar-refractivity contribution in [2.75, 3.05) is 13.1 Å². The van der Waals surface area contributed by atoms with E-state index in [1.807, 2.05) is 12.1 Å². The number of halogens is 2. The quantitative estimate of drug-likeness (QED) is 0.838. The number of rotatable bonds is 3. The number of para-hydroxylation sites is 1. The van der Waals surface area contributed by atoms with Gasteiger partial charge in [0.25, 0.3) is 10.0 Å². The molecule has 0 radical (unpaired) electrons. The molecule has 0 bridgehead atoms. The minimum absolute atomic E-state index is 0. The maximum absolute atomic E-state index is 14.5. The van der Waals surface area contributed by atoms with Crippen LogP contribution in [0.15, 0.2) is 54.0 Å². The van der Waals surface area contributed by atoms with Gasteiger partial charge in [0.1, 0.15) is 10.6 Å². The minimum Gasteiger partial charge on any atom is -0.317 e. The van der Waals surface area contributed by atoms with Crippen LogP contribution in [-0.4, -0.2) is 35.4 Å². The average molecular weight is 412 g/mol. The normalized spacial score (nSPS) is 24.2. The van der Waals surface area contributed by atoms with Crippen molar-refractivity contribution < 1.29 is 12.8 Å². The number of allylic oxidation sites excluding steroid dienone is 3. The third-order valence-electron chi connectivity index (χ3n) is 5.52. The predicted molar refractivity (Wildman–Crippen MR) is 107 cm³/mol. The zero-order chi connectivity index (χ0) is 18.4. The Bertz CT molecular complexity index is 1010. The second-order valence-electron chi connectivity index (χ2n) is 7.27. The fourth-order valence-corrected chi connectivity index (χ4v) is 5.47. The Kier molecular flexibility index (Phi) is 5.47. The number of aromatic nitrogens is 2. The first kappa shape index (κ1) is 20.0. The van der Waals surface area contributed by atoms with Crippen LogP contribution in [0.25, 0.3) is 10.9 Å². The molecule has 27 heavy (non-hydrogen) atoms. The average Bonchev–Trinajstić information content (AvgIpc) is 3.09. The molecule has 2 heterocycles. The fraction of sp³-hybridized carbons (Fsp3) is 0.421. The Morgan fingerprint density at radius 1 is 1.26 bits per heavy atom. The Balaban J connectivity index is 0.00000210. The van der Waals surface area contributed by atoms with E-state index in [-0.39, 0.29) is 30.6 Å². The highest BCUT2D eigenvalue weighted by molar-refractivity contribution is 7.91. The highest BCUT2D eigenvalue weighted by atomic mass is 35.5. The summed E-state index contributed by atoms with van der Waals surface area (Å²) in [6.45, 7) is 3.32. The van der Waals surface area contributed by atoms with Crippen LogP contribution in [0.5, 0.6) is 0 Å². The van der Waals surface area contributed by atoms with Gasteiger partial charge in [0.15, 0.2) is 0 Å². The SMILES string of the molecule is CC1(S(=O)(=O)n2ncc3ccccc32)C=CC(F)=C(C2CCNCC2)C1.Cl. The van der Waals surface area contributed by atoms with Crippen LogP contribution in [0.2, 0.25) is 0 Å². The first-order valence-corrected chi connectivity index (χ1v) is 10.3. The lowest BCUT2D eigenvalue weighted by Gasteiger charge is -2.34. The maximum Gasteiger partial charge on any atom is 0.263 e. The van der Waals surface area contributed by atoms with Crippen LogP contribution < -0.4 is 5.32 Å². The summed E-state index contributed by atoms with van der Waals surface area (Å²) in [4.78, 5) is 0. The van der Waals surface area contributed by atoms with Gasteiger partial charge < -0.3 is 5.32 Å². The van der Waals surface area contributed by atoms with E-state index < -0.39 is 14.8 Å². The fourth-order valence-electron chi connectivity index (χ4n) is 3.90. The van der Waals surface area contributed by atoms with Crippen molar-refractivity contribution in [1.29, 1.82) is 0 Å². The standard InChI is InChI=1S/C19H22FN3O2S.ClH/c1-19(9-6-17(20)16(12-19)14-7-10-21-11-8-14)26(24,25)23-18-5-3-2-4-15(18)13-22-23;/h2-6,9,13-14,21H,7-8,10-12H2,1H3;1H. The second-order valence-corrected chi connectivity index (χ2v) is 9.50. The van der Waals surface area contributed by atoms with Crippen molar-refractivity contribution in [1.82, 2.24) is 14.5 Å². The second kappa shape index (κ2) is 7.37. The molecule has 4 rings (SSSR count). The van der Waals surface area contributed by atoms with Crippen molar-refractivity contribution in [2.24, 2.45) is 5.92 Å². The summed E-state index contributed by atoms with van der Waals surface area (Å²) in [6.07, 6.45) is 6.17. The van der Waals surface area contributed by atoms with Crippen LogP contribution in [0.4, 0.5) is 4.39 Å². The molecule has 0 spiro atoms. The smallest absolute Gasteiger partial charge is 0.263 e. The molecule has 1 atom stereocenters. The zero-order valence-electron chi connectivity index (χ0n) is 15.1. The maximum atomic E-state index is 14.5. The third-order valence-corrected chi connectivity index (χ3v) is 7.73. The van der Waals surface area contributed by atoms with Crippen LogP contribution in [0.1, 0.15) is 26.2 Å². The lowest BCUT2D eigenvalue weighted by atomic mass is 9.81. The molecule has 1 aromatic heterocycles. The van der Waals surface area contributed by atoms with Crippen molar-refractivity contribution >= 4 is 33.3 Å². The molecule has 5 nitrogen and oxygen atoms in total. The van der Waals surface area contributed by atoms with Crippen LogP contribution >= 0.6 is 12.4 Å². The van der Waals surface area contributed by atoms with Gasteiger partial charge in [-0.15, -0.1) is 12.4 Å². The molecule has 1 fully saturated rings. The summed E-state index contributed by atoms with van der Waals surface area (Å²) < 4.78 is 41.2. The van der Waals surface area contributed by atoms with Crippen molar-refractivity contribution in [2.45, 2.75) is 30.9 Å². The summed E-state index contributed by atoms with van der Waals surface area (Å²) in [7, 11) is -3.84. The third kappa shape index (κ3) is 3.32. The van der Waals surface area contributed by atoms with Gasteiger partial charge in [-0.3, -0.25) is 0 Å². The largest absolute Gasteiger partial charge is 0.317 e. The van der Waals surface area contributed by atoms with Crippen molar-refractivity contribution in [3.8, 4) is 0 Å². The topological polar surface area (TPSA) is 64.0 Å². The molecule has 2 aromatic rings. The van der Waals surface area contributed by atoms with E-state index in [4.69, 9.17) is 0 Å². The van der Waals surface area contributed by atoms with Crippen LogP contribution in [-0.2, 0) is 10.0 Å². The van der Waals surface area contributed by atoms with E-state index in [9.17, 15) is 12.8 Å². The van der Waals surface area contributed by atoms with Crippen LogP contribution in [0, 0.1) is 5.92 Å². The van der Waals surface area contributed by atoms with Gasteiger partial charge in [-0.1, -0.05) is 24.3 Å². The van der Waals surface area contributed by atoms with Crippen molar-refractivity contribution in [3.63, 3.8) is 0 Å². The molecule has 2 aliphatic rings. The van der Waals surface area contributed by atoms with E-state index in [0.29, 0.717) is 11.1 Å². The molecular weight excluding hydrogens is 389 g/mol.